The van der Waals surface area contributed by atoms with Crippen molar-refractivity contribution >= 4 is 11.6 Å². The molecule has 0 saturated heterocycles. The lowest BCUT2D eigenvalue weighted by Gasteiger charge is -2.27. The van der Waals surface area contributed by atoms with Crippen molar-refractivity contribution < 1.29 is 5.11 Å². The van der Waals surface area contributed by atoms with Gasteiger partial charge in [-0.1, -0.05) is 42.5 Å². The van der Waals surface area contributed by atoms with Crippen LogP contribution in [0.4, 0.5) is 5.82 Å². The van der Waals surface area contributed by atoms with Crippen molar-refractivity contribution in [1.82, 2.24) is 19.6 Å². The molecule has 2 aromatic heterocycles. The van der Waals surface area contributed by atoms with Crippen LogP contribution in [0.15, 0.2) is 67.0 Å². The molecule has 0 radical (unpaired) electrons. The molecule has 6 nitrogen and oxygen atoms in total. The number of aromatic hydroxyl groups is 1. The largest absolute Gasteiger partial charge is 0.508 e. The third kappa shape index (κ3) is 3.46. The second kappa shape index (κ2) is 7.07. The van der Waals surface area contributed by atoms with Crippen molar-refractivity contribution in [2.24, 2.45) is 0 Å². The molecular formula is C21H21N5O. The first-order valence-corrected chi connectivity index (χ1v) is 8.89. The maximum atomic E-state index is 9.48. The molecule has 0 amide bonds. The molecule has 4 aromatic rings. The highest BCUT2D eigenvalue weighted by molar-refractivity contribution is 5.65. The molecule has 2 heterocycles. The van der Waals surface area contributed by atoms with Gasteiger partial charge < -0.3 is 10.0 Å². The van der Waals surface area contributed by atoms with Crippen molar-refractivity contribution in [3.8, 4) is 17.0 Å². The summed E-state index contributed by atoms with van der Waals surface area (Å²) in [5.41, 5.74) is 3.08. The smallest absolute Gasteiger partial charge is 0.254 e. The Hall–Kier alpha value is -3.41. The van der Waals surface area contributed by atoms with Gasteiger partial charge >= 0.3 is 0 Å². The van der Waals surface area contributed by atoms with E-state index in [4.69, 9.17) is 0 Å². The zero-order chi connectivity index (χ0) is 18.8. The molecule has 6 heteroatoms. The number of hydrogen-bond donors (Lipinski definition) is 1. The zero-order valence-electron chi connectivity index (χ0n) is 15.3. The van der Waals surface area contributed by atoms with Gasteiger partial charge in [0.1, 0.15) is 17.9 Å². The van der Waals surface area contributed by atoms with Gasteiger partial charge in [0.2, 0.25) is 0 Å². The molecule has 0 unspecified atom stereocenters. The molecule has 1 atom stereocenters. The number of hydrogen-bond acceptors (Lipinski definition) is 5. The topological polar surface area (TPSA) is 66.5 Å². The minimum absolute atomic E-state index is 0.216. The first kappa shape index (κ1) is 17.0. The minimum Gasteiger partial charge on any atom is -0.508 e. The van der Waals surface area contributed by atoms with Gasteiger partial charge in [0.25, 0.3) is 5.78 Å². The highest BCUT2D eigenvalue weighted by Crippen LogP contribution is 2.25. The van der Waals surface area contributed by atoms with Gasteiger partial charge in [0.15, 0.2) is 0 Å². The number of benzene rings is 2. The molecule has 136 valence electrons. The standard InChI is InChI=1S/C21H21N5O/c1-15(12-16-8-10-18(27)11-9-16)25(2)20-13-19(17-6-4-3-5-7-17)24-21-22-14-23-26(20)21/h3-11,13-15,27H,12H2,1-2H3/t15-/m0/s1. The Bertz CT molecular complexity index is 1040. The molecule has 2 aromatic carbocycles. The number of aromatic nitrogens is 4. The third-order valence-corrected chi connectivity index (χ3v) is 4.79. The minimum atomic E-state index is 0.216. The molecule has 0 saturated carbocycles. The fourth-order valence-corrected chi connectivity index (χ4v) is 3.14. The van der Waals surface area contributed by atoms with Gasteiger partial charge in [0.05, 0.1) is 5.69 Å². The summed E-state index contributed by atoms with van der Waals surface area (Å²) in [5, 5.41) is 13.8. The predicted octanol–water partition coefficient (Wildman–Crippen LogP) is 3.56. The van der Waals surface area contributed by atoms with Crippen LogP contribution in [0.5, 0.6) is 5.75 Å². The number of phenols is 1. The molecule has 27 heavy (non-hydrogen) atoms. The van der Waals surface area contributed by atoms with Crippen LogP contribution in [0.1, 0.15) is 12.5 Å². The maximum absolute atomic E-state index is 9.48. The average molecular weight is 359 g/mol. The highest BCUT2D eigenvalue weighted by atomic mass is 16.3. The Morgan fingerprint density at radius 3 is 2.56 bits per heavy atom. The SMILES string of the molecule is C[C@@H](Cc1ccc(O)cc1)N(C)c1cc(-c2ccccc2)nc2ncnn12. The number of rotatable bonds is 5. The highest BCUT2D eigenvalue weighted by Gasteiger charge is 2.17. The van der Waals surface area contributed by atoms with Gasteiger partial charge in [-0.2, -0.15) is 14.6 Å². The van der Waals surface area contributed by atoms with Crippen LogP contribution >= 0.6 is 0 Å². The summed E-state index contributed by atoms with van der Waals surface area (Å²) in [6.45, 7) is 2.16. The predicted molar refractivity (Wildman–Crippen MR) is 106 cm³/mol. The van der Waals surface area contributed by atoms with Crippen molar-refractivity contribution in [2.45, 2.75) is 19.4 Å². The monoisotopic (exact) mass is 359 g/mol. The number of fused-ring (bicyclic) bond motifs is 1. The van der Waals surface area contributed by atoms with Crippen LogP contribution in [0, 0.1) is 0 Å². The summed E-state index contributed by atoms with van der Waals surface area (Å²) >= 11 is 0. The lowest BCUT2D eigenvalue weighted by atomic mass is 10.1. The summed E-state index contributed by atoms with van der Waals surface area (Å²) in [4.78, 5) is 11.1. The number of nitrogens with zero attached hydrogens (tertiary/aromatic N) is 5. The van der Waals surface area contributed by atoms with Gasteiger partial charge in [-0.3, -0.25) is 0 Å². The summed E-state index contributed by atoms with van der Waals surface area (Å²) in [7, 11) is 2.05. The summed E-state index contributed by atoms with van der Waals surface area (Å²) in [6.07, 6.45) is 2.37. The Morgan fingerprint density at radius 2 is 1.81 bits per heavy atom. The van der Waals surface area contributed by atoms with E-state index in [1.54, 1.807) is 16.6 Å². The Kier molecular flexibility index (Phi) is 4.46. The van der Waals surface area contributed by atoms with E-state index in [1.165, 1.54) is 11.9 Å². The molecule has 1 N–H and O–H groups in total. The summed E-state index contributed by atoms with van der Waals surface area (Å²) in [6, 6.07) is 19.7. The van der Waals surface area contributed by atoms with E-state index in [9.17, 15) is 5.11 Å². The second-order valence-corrected chi connectivity index (χ2v) is 6.67. The average Bonchev–Trinajstić information content (AvgIpc) is 3.18. The normalized spacial score (nSPS) is 12.2. The molecule has 0 aliphatic heterocycles. The van der Waals surface area contributed by atoms with Gasteiger partial charge in [-0.25, -0.2) is 4.98 Å². The van der Waals surface area contributed by atoms with E-state index in [0.717, 1.165) is 23.5 Å². The molecule has 0 spiro atoms. The van der Waals surface area contributed by atoms with Crippen LogP contribution in [0.2, 0.25) is 0 Å². The Labute approximate surface area is 157 Å². The maximum Gasteiger partial charge on any atom is 0.254 e. The Balaban J connectivity index is 1.69. The van der Waals surface area contributed by atoms with Crippen molar-refractivity contribution in [2.75, 3.05) is 11.9 Å². The first-order chi connectivity index (χ1) is 13.1. The van der Waals surface area contributed by atoms with E-state index >= 15 is 0 Å². The zero-order valence-corrected chi connectivity index (χ0v) is 15.3. The summed E-state index contributed by atoms with van der Waals surface area (Å²) in [5.74, 6) is 1.79. The second-order valence-electron chi connectivity index (χ2n) is 6.67. The van der Waals surface area contributed by atoms with E-state index in [1.807, 2.05) is 48.5 Å². The van der Waals surface area contributed by atoms with Crippen LogP contribution in [-0.2, 0) is 6.42 Å². The van der Waals surface area contributed by atoms with Crippen molar-refractivity contribution in [3.63, 3.8) is 0 Å². The summed E-state index contributed by atoms with van der Waals surface area (Å²) < 4.78 is 1.76. The van der Waals surface area contributed by atoms with Crippen molar-refractivity contribution in [1.29, 1.82) is 0 Å². The molecule has 0 aliphatic carbocycles. The molecule has 4 rings (SSSR count). The lowest BCUT2D eigenvalue weighted by Crippen LogP contribution is -2.32. The fourth-order valence-electron chi connectivity index (χ4n) is 3.14. The van der Waals surface area contributed by atoms with Crippen LogP contribution in [0.3, 0.4) is 0 Å². The molecule has 0 fully saturated rings. The van der Waals surface area contributed by atoms with E-state index in [0.29, 0.717) is 5.78 Å². The lowest BCUT2D eigenvalue weighted by molar-refractivity contribution is 0.475. The Morgan fingerprint density at radius 1 is 1.07 bits per heavy atom. The van der Waals surface area contributed by atoms with Crippen LogP contribution in [0.25, 0.3) is 17.0 Å². The van der Waals surface area contributed by atoms with Crippen LogP contribution < -0.4 is 4.90 Å². The third-order valence-electron chi connectivity index (χ3n) is 4.79. The fraction of sp³-hybridized carbons (Fsp3) is 0.190. The number of anilines is 1. The molecular weight excluding hydrogens is 338 g/mol. The number of phenolic OH excluding ortho intramolecular Hbond substituents is 1. The van der Waals surface area contributed by atoms with Crippen LogP contribution in [-0.4, -0.2) is 37.8 Å². The first-order valence-electron chi connectivity index (χ1n) is 8.89. The molecule has 0 bridgehead atoms. The van der Waals surface area contributed by atoms with E-state index in [2.05, 4.69) is 33.9 Å². The van der Waals surface area contributed by atoms with Crippen molar-refractivity contribution in [3.05, 3.63) is 72.6 Å². The van der Waals surface area contributed by atoms with Gasteiger partial charge in [0, 0.05) is 24.7 Å². The van der Waals surface area contributed by atoms with Gasteiger partial charge in [-0.05, 0) is 31.0 Å². The molecule has 0 aliphatic rings. The quantitative estimate of drug-likeness (QED) is 0.590. The van der Waals surface area contributed by atoms with E-state index < -0.39 is 0 Å². The number of likely N-dealkylation sites (N-methyl/N-ethyl adjacent to an activating group) is 1. The van der Waals surface area contributed by atoms with E-state index in [-0.39, 0.29) is 11.8 Å². The van der Waals surface area contributed by atoms with Gasteiger partial charge in [-0.15, -0.1) is 0 Å².